The lowest BCUT2D eigenvalue weighted by Crippen LogP contribution is -2.38. The lowest BCUT2D eigenvalue weighted by atomic mass is 10.1. The second-order valence-electron chi connectivity index (χ2n) is 5.25. The highest BCUT2D eigenvalue weighted by molar-refractivity contribution is 6.31. The van der Waals surface area contributed by atoms with Crippen LogP contribution in [0, 0.1) is 0 Å². The van der Waals surface area contributed by atoms with E-state index >= 15 is 0 Å². The molecule has 0 aromatic heterocycles. The van der Waals surface area contributed by atoms with Crippen molar-refractivity contribution in [3.8, 4) is 0 Å². The topological polar surface area (TPSA) is 58.2 Å². The maximum absolute atomic E-state index is 11.9. The van der Waals surface area contributed by atoms with Crippen LogP contribution in [0.5, 0.6) is 0 Å². The molecule has 0 saturated carbocycles. The van der Waals surface area contributed by atoms with Gasteiger partial charge in [0.1, 0.15) is 0 Å². The molecule has 0 aliphatic carbocycles. The predicted octanol–water partition coefficient (Wildman–Crippen LogP) is 2.88. The molecule has 4 nitrogen and oxygen atoms in total. The average molecular weight is 331 g/mol. The summed E-state index contributed by atoms with van der Waals surface area (Å²) in [4.78, 5) is 23.7. The Morgan fingerprint density at radius 3 is 2.35 bits per heavy atom. The first-order valence-electron chi connectivity index (χ1n) is 7.40. The second-order valence-corrected chi connectivity index (χ2v) is 5.66. The summed E-state index contributed by atoms with van der Waals surface area (Å²) in [6.45, 7) is 1.80. The van der Waals surface area contributed by atoms with Crippen LogP contribution in [-0.2, 0) is 16.0 Å². The highest BCUT2D eigenvalue weighted by Crippen LogP contribution is 2.21. The molecule has 5 heteroatoms. The lowest BCUT2D eigenvalue weighted by Gasteiger charge is -2.16. The quantitative estimate of drug-likeness (QED) is 0.855. The number of amides is 2. The maximum Gasteiger partial charge on any atom is 0.239 e. The highest BCUT2D eigenvalue weighted by Gasteiger charge is 2.13. The zero-order valence-corrected chi connectivity index (χ0v) is 13.6. The van der Waals surface area contributed by atoms with Crippen molar-refractivity contribution in [3.63, 3.8) is 0 Å². The SMILES string of the molecule is CC(NC(=O)CNC(=O)Cc1ccccc1)c1ccccc1Cl. The molecule has 120 valence electrons. The molecule has 2 aromatic carbocycles. The van der Waals surface area contributed by atoms with Gasteiger partial charge in [-0.3, -0.25) is 9.59 Å². The molecule has 0 heterocycles. The molecular weight excluding hydrogens is 312 g/mol. The fourth-order valence-electron chi connectivity index (χ4n) is 2.22. The summed E-state index contributed by atoms with van der Waals surface area (Å²) < 4.78 is 0. The normalized spacial score (nSPS) is 11.6. The molecular formula is C18H19ClN2O2. The number of carbonyl (C=O) groups is 2. The fourth-order valence-corrected chi connectivity index (χ4v) is 2.52. The van der Waals surface area contributed by atoms with E-state index < -0.39 is 0 Å². The molecule has 0 aliphatic heterocycles. The van der Waals surface area contributed by atoms with Crippen molar-refractivity contribution in [1.82, 2.24) is 10.6 Å². The van der Waals surface area contributed by atoms with E-state index in [4.69, 9.17) is 11.6 Å². The summed E-state index contributed by atoms with van der Waals surface area (Å²) in [7, 11) is 0. The molecule has 0 spiro atoms. The summed E-state index contributed by atoms with van der Waals surface area (Å²) in [5.74, 6) is -0.435. The van der Waals surface area contributed by atoms with E-state index in [0.717, 1.165) is 11.1 Å². The van der Waals surface area contributed by atoms with Crippen LogP contribution in [0.25, 0.3) is 0 Å². The average Bonchev–Trinajstić information content (AvgIpc) is 2.54. The standard InChI is InChI=1S/C18H19ClN2O2/c1-13(15-9-5-6-10-16(15)19)21-18(23)12-20-17(22)11-14-7-3-2-4-8-14/h2-10,13H,11-12H2,1H3,(H,20,22)(H,21,23). The molecule has 2 amide bonds. The van der Waals surface area contributed by atoms with Crippen LogP contribution < -0.4 is 10.6 Å². The Kier molecular flexibility index (Phi) is 6.18. The molecule has 1 atom stereocenters. The van der Waals surface area contributed by atoms with Crippen molar-refractivity contribution in [2.75, 3.05) is 6.54 Å². The van der Waals surface area contributed by atoms with Crippen LogP contribution in [0.1, 0.15) is 24.1 Å². The van der Waals surface area contributed by atoms with Gasteiger partial charge in [-0.25, -0.2) is 0 Å². The van der Waals surface area contributed by atoms with Gasteiger partial charge in [0, 0.05) is 5.02 Å². The van der Waals surface area contributed by atoms with Crippen molar-refractivity contribution in [3.05, 3.63) is 70.7 Å². The van der Waals surface area contributed by atoms with Crippen molar-refractivity contribution in [1.29, 1.82) is 0 Å². The van der Waals surface area contributed by atoms with E-state index in [1.807, 2.05) is 55.5 Å². The van der Waals surface area contributed by atoms with Gasteiger partial charge in [-0.2, -0.15) is 0 Å². The first-order chi connectivity index (χ1) is 11.1. The zero-order valence-electron chi connectivity index (χ0n) is 12.9. The van der Waals surface area contributed by atoms with E-state index in [1.165, 1.54) is 0 Å². The molecule has 1 unspecified atom stereocenters. The smallest absolute Gasteiger partial charge is 0.239 e. The molecule has 0 aliphatic rings. The van der Waals surface area contributed by atoms with Gasteiger partial charge in [-0.15, -0.1) is 0 Å². The Morgan fingerprint density at radius 1 is 1.00 bits per heavy atom. The fraction of sp³-hybridized carbons (Fsp3) is 0.222. The first kappa shape index (κ1) is 17.0. The number of hydrogen-bond donors (Lipinski definition) is 2. The van der Waals surface area contributed by atoms with Crippen LogP contribution >= 0.6 is 11.6 Å². The third kappa shape index (κ3) is 5.42. The monoisotopic (exact) mass is 330 g/mol. The minimum absolute atomic E-state index is 0.0551. The molecule has 2 aromatic rings. The third-order valence-electron chi connectivity index (χ3n) is 3.40. The van der Waals surface area contributed by atoms with Gasteiger partial charge >= 0.3 is 0 Å². The molecule has 2 rings (SSSR count). The third-order valence-corrected chi connectivity index (χ3v) is 3.75. The molecule has 0 fully saturated rings. The molecule has 0 saturated heterocycles. The van der Waals surface area contributed by atoms with Gasteiger partial charge in [0.25, 0.3) is 0 Å². The number of rotatable bonds is 6. The summed E-state index contributed by atoms with van der Waals surface area (Å²) in [6.07, 6.45) is 0.258. The van der Waals surface area contributed by atoms with Gasteiger partial charge in [0.05, 0.1) is 19.0 Å². The molecule has 2 N–H and O–H groups in total. The number of halogens is 1. The van der Waals surface area contributed by atoms with Crippen molar-refractivity contribution in [2.45, 2.75) is 19.4 Å². The minimum atomic E-state index is -0.251. The Labute approximate surface area is 140 Å². The Bertz CT molecular complexity index is 674. The first-order valence-corrected chi connectivity index (χ1v) is 7.78. The molecule has 0 bridgehead atoms. The van der Waals surface area contributed by atoms with Gasteiger partial charge in [0.2, 0.25) is 11.8 Å². The number of hydrogen-bond acceptors (Lipinski definition) is 2. The molecule has 0 radical (unpaired) electrons. The Hall–Kier alpha value is -2.33. The summed E-state index contributed by atoms with van der Waals surface area (Å²) >= 11 is 6.10. The highest BCUT2D eigenvalue weighted by atomic mass is 35.5. The second kappa shape index (κ2) is 8.34. The van der Waals surface area contributed by atoms with Gasteiger partial charge in [-0.1, -0.05) is 60.1 Å². The van der Waals surface area contributed by atoms with E-state index in [0.29, 0.717) is 5.02 Å². The zero-order chi connectivity index (χ0) is 16.7. The van der Waals surface area contributed by atoms with Crippen molar-refractivity contribution in [2.24, 2.45) is 0 Å². The number of benzene rings is 2. The Morgan fingerprint density at radius 2 is 1.65 bits per heavy atom. The predicted molar refractivity (Wildman–Crippen MR) is 91.2 cm³/mol. The van der Waals surface area contributed by atoms with Crippen LogP contribution in [0.3, 0.4) is 0 Å². The minimum Gasteiger partial charge on any atom is -0.348 e. The largest absolute Gasteiger partial charge is 0.348 e. The van der Waals surface area contributed by atoms with Crippen LogP contribution in [0.15, 0.2) is 54.6 Å². The maximum atomic E-state index is 11.9. The van der Waals surface area contributed by atoms with E-state index in [9.17, 15) is 9.59 Å². The Balaban J connectivity index is 1.79. The van der Waals surface area contributed by atoms with Gasteiger partial charge < -0.3 is 10.6 Å². The van der Waals surface area contributed by atoms with Crippen molar-refractivity contribution < 1.29 is 9.59 Å². The summed E-state index contributed by atoms with van der Waals surface area (Å²) in [5, 5.41) is 6.04. The van der Waals surface area contributed by atoms with Crippen LogP contribution in [-0.4, -0.2) is 18.4 Å². The summed E-state index contributed by atoms with van der Waals surface area (Å²) in [5.41, 5.74) is 1.76. The summed E-state index contributed by atoms with van der Waals surface area (Å²) in [6, 6.07) is 16.5. The number of nitrogens with one attached hydrogen (secondary N) is 2. The van der Waals surface area contributed by atoms with Crippen LogP contribution in [0.2, 0.25) is 5.02 Å². The number of carbonyl (C=O) groups excluding carboxylic acids is 2. The van der Waals surface area contributed by atoms with E-state index in [2.05, 4.69) is 10.6 Å². The van der Waals surface area contributed by atoms with Crippen LogP contribution in [0.4, 0.5) is 0 Å². The van der Waals surface area contributed by atoms with Gasteiger partial charge in [0.15, 0.2) is 0 Å². The molecule has 23 heavy (non-hydrogen) atoms. The van der Waals surface area contributed by atoms with E-state index in [-0.39, 0.29) is 30.8 Å². The lowest BCUT2D eigenvalue weighted by molar-refractivity contribution is -0.126. The van der Waals surface area contributed by atoms with Crippen molar-refractivity contribution >= 4 is 23.4 Å². The van der Waals surface area contributed by atoms with Gasteiger partial charge in [-0.05, 0) is 24.1 Å². The van der Waals surface area contributed by atoms with E-state index in [1.54, 1.807) is 6.07 Å².